The Labute approximate surface area is 186 Å². The van der Waals surface area contributed by atoms with Gasteiger partial charge in [0.15, 0.2) is 6.61 Å². The molecule has 1 atom stereocenters. The van der Waals surface area contributed by atoms with Gasteiger partial charge in [-0.25, -0.2) is 5.01 Å². The molecule has 1 aliphatic carbocycles. The molecule has 6 nitrogen and oxygen atoms in total. The molecule has 5 rings (SSSR count). The highest BCUT2D eigenvalue weighted by molar-refractivity contribution is 6.03. The smallest absolute Gasteiger partial charge is 0.317 e. The summed E-state index contributed by atoms with van der Waals surface area (Å²) in [7, 11) is 0. The molecule has 0 bridgehead atoms. The van der Waals surface area contributed by atoms with E-state index in [9.17, 15) is 9.59 Å². The van der Waals surface area contributed by atoms with Crippen LogP contribution < -0.4 is 0 Å². The lowest BCUT2D eigenvalue weighted by Crippen LogP contribution is -2.33. The van der Waals surface area contributed by atoms with Crippen molar-refractivity contribution in [1.82, 2.24) is 5.01 Å². The number of esters is 1. The summed E-state index contributed by atoms with van der Waals surface area (Å²) < 4.78 is 11.1. The maximum atomic E-state index is 13.1. The number of furan rings is 1. The normalized spacial score (nSPS) is 18.8. The largest absolute Gasteiger partial charge is 0.467 e. The van der Waals surface area contributed by atoms with Crippen LogP contribution in [0.5, 0.6) is 0 Å². The zero-order chi connectivity index (χ0) is 22.1. The van der Waals surface area contributed by atoms with Gasteiger partial charge in [-0.15, -0.1) is 0 Å². The van der Waals surface area contributed by atoms with Gasteiger partial charge in [-0.3, -0.25) is 9.59 Å². The third kappa shape index (κ3) is 3.73. The Balaban J connectivity index is 1.32. The number of ether oxygens (including phenoxy) is 1. The van der Waals surface area contributed by atoms with Crippen LogP contribution in [-0.2, 0) is 19.7 Å². The molecule has 162 valence electrons. The Kier molecular flexibility index (Phi) is 5.13. The highest BCUT2D eigenvalue weighted by Gasteiger charge is 2.53. The van der Waals surface area contributed by atoms with E-state index in [1.54, 1.807) is 12.3 Å². The second-order valence-corrected chi connectivity index (χ2v) is 8.41. The fraction of sp³-hybridized carbons (Fsp3) is 0.269. The Morgan fingerprint density at radius 3 is 2.47 bits per heavy atom. The fourth-order valence-corrected chi connectivity index (χ4v) is 4.19. The number of hydrogen-bond donors (Lipinski definition) is 0. The zero-order valence-corrected chi connectivity index (χ0v) is 17.9. The van der Waals surface area contributed by atoms with E-state index in [0.717, 1.165) is 35.2 Å². The summed E-state index contributed by atoms with van der Waals surface area (Å²) in [5.74, 6) is -0.0715. The summed E-state index contributed by atoms with van der Waals surface area (Å²) in [5, 5.41) is 5.98. The van der Waals surface area contributed by atoms with E-state index in [1.165, 1.54) is 5.01 Å². The molecular weight excluding hydrogens is 404 g/mol. The molecule has 1 fully saturated rings. The van der Waals surface area contributed by atoms with Crippen LogP contribution in [-0.4, -0.2) is 29.2 Å². The first-order valence-electron chi connectivity index (χ1n) is 10.8. The molecule has 2 heterocycles. The number of carbonyl (C=O) groups excluding carboxylic acids is 2. The van der Waals surface area contributed by atoms with Crippen molar-refractivity contribution in [1.29, 1.82) is 0 Å². The second kappa shape index (κ2) is 8.11. The van der Waals surface area contributed by atoms with Gasteiger partial charge >= 0.3 is 5.97 Å². The summed E-state index contributed by atoms with van der Waals surface area (Å²) in [4.78, 5) is 25.9. The molecule has 0 saturated heterocycles. The lowest BCUT2D eigenvalue weighted by Gasteiger charge is -2.20. The summed E-state index contributed by atoms with van der Waals surface area (Å²) >= 11 is 0. The summed E-state index contributed by atoms with van der Waals surface area (Å²) in [6.45, 7) is 1.67. The number of benzene rings is 2. The highest BCUT2D eigenvalue weighted by atomic mass is 16.5. The van der Waals surface area contributed by atoms with Gasteiger partial charge in [0.05, 0.1) is 17.4 Å². The summed E-state index contributed by atoms with van der Waals surface area (Å²) in [6.07, 6.45) is 3.58. The van der Waals surface area contributed by atoms with Gasteiger partial charge < -0.3 is 9.15 Å². The van der Waals surface area contributed by atoms with Crippen LogP contribution in [0.4, 0.5) is 0 Å². The lowest BCUT2D eigenvalue weighted by molar-refractivity contribution is -0.155. The summed E-state index contributed by atoms with van der Waals surface area (Å²) in [5.41, 5.74) is 3.23. The number of hydrogen-bond acceptors (Lipinski definition) is 5. The maximum absolute atomic E-state index is 13.1. The van der Waals surface area contributed by atoms with Gasteiger partial charge in [0.25, 0.3) is 5.91 Å². The molecule has 32 heavy (non-hydrogen) atoms. The zero-order valence-electron chi connectivity index (χ0n) is 17.9. The van der Waals surface area contributed by atoms with Crippen molar-refractivity contribution in [3.8, 4) is 0 Å². The van der Waals surface area contributed by atoms with E-state index >= 15 is 0 Å². The number of rotatable bonds is 6. The molecule has 1 aliphatic heterocycles. The molecule has 6 heteroatoms. The van der Waals surface area contributed by atoms with Crippen molar-refractivity contribution in [2.24, 2.45) is 5.10 Å². The predicted octanol–water partition coefficient (Wildman–Crippen LogP) is 4.54. The van der Waals surface area contributed by atoms with E-state index < -0.39 is 5.41 Å². The molecule has 2 aliphatic rings. The number of amides is 1. The topological polar surface area (TPSA) is 72.1 Å². The van der Waals surface area contributed by atoms with E-state index in [1.807, 2.05) is 67.6 Å². The molecule has 1 aromatic heterocycles. The molecule has 0 spiro atoms. The molecule has 0 radical (unpaired) electrons. The summed E-state index contributed by atoms with van der Waals surface area (Å²) in [6, 6.07) is 20.9. The van der Waals surface area contributed by atoms with E-state index in [2.05, 4.69) is 5.10 Å². The minimum Gasteiger partial charge on any atom is -0.467 e. The van der Waals surface area contributed by atoms with Crippen molar-refractivity contribution in [2.45, 2.75) is 37.6 Å². The average molecular weight is 428 g/mol. The minimum absolute atomic E-state index is 0.352. The van der Waals surface area contributed by atoms with Crippen molar-refractivity contribution in [3.05, 3.63) is 95.4 Å². The highest BCUT2D eigenvalue weighted by Crippen LogP contribution is 2.49. The van der Waals surface area contributed by atoms with E-state index in [-0.39, 0.29) is 24.5 Å². The standard InChI is InChI=1S/C26H24N2O4/c1-18-9-11-19(12-10-18)21-16-22(23-8-5-15-31-23)28(27-21)24(29)17-32-25(30)26(13-14-26)20-6-3-2-4-7-20/h2-12,15,22H,13-14,16-17H2,1H3/t22-/m0/s1. The number of carbonyl (C=O) groups is 2. The van der Waals surface area contributed by atoms with Gasteiger partial charge in [-0.05, 0) is 43.0 Å². The molecule has 3 aromatic rings. The van der Waals surface area contributed by atoms with Crippen LogP contribution in [0.15, 0.2) is 82.5 Å². The Morgan fingerprint density at radius 1 is 1.06 bits per heavy atom. The van der Waals surface area contributed by atoms with Crippen LogP contribution in [0.2, 0.25) is 0 Å². The van der Waals surface area contributed by atoms with E-state index in [0.29, 0.717) is 12.2 Å². The quantitative estimate of drug-likeness (QED) is 0.541. The molecule has 0 N–H and O–H groups in total. The molecule has 0 unspecified atom stereocenters. The molecular formula is C26H24N2O4. The maximum Gasteiger partial charge on any atom is 0.317 e. The minimum atomic E-state index is -0.622. The van der Waals surface area contributed by atoms with Crippen LogP contribution >= 0.6 is 0 Å². The van der Waals surface area contributed by atoms with Crippen molar-refractivity contribution < 1.29 is 18.7 Å². The third-order valence-electron chi connectivity index (χ3n) is 6.22. The van der Waals surface area contributed by atoms with Crippen molar-refractivity contribution >= 4 is 17.6 Å². The Bertz CT molecular complexity index is 1150. The van der Waals surface area contributed by atoms with Gasteiger partial charge in [-0.2, -0.15) is 5.10 Å². The predicted molar refractivity (Wildman–Crippen MR) is 119 cm³/mol. The molecule has 2 aromatic carbocycles. The van der Waals surface area contributed by atoms with E-state index in [4.69, 9.17) is 9.15 Å². The molecule has 1 saturated carbocycles. The van der Waals surface area contributed by atoms with Gasteiger partial charge in [0.2, 0.25) is 0 Å². The van der Waals surface area contributed by atoms with Crippen molar-refractivity contribution in [2.75, 3.05) is 6.61 Å². The average Bonchev–Trinajstić information content (AvgIpc) is 3.23. The van der Waals surface area contributed by atoms with Gasteiger partial charge in [0, 0.05) is 6.42 Å². The molecule has 1 amide bonds. The van der Waals surface area contributed by atoms with Crippen LogP contribution in [0.3, 0.4) is 0 Å². The fourth-order valence-electron chi connectivity index (χ4n) is 4.19. The SMILES string of the molecule is Cc1ccc(C2=NN(C(=O)COC(=O)C3(c4ccccc4)CC3)[C@H](c3ccco3)C2)cc1. The first-order chi connectivity index (χ1) is 15.6. The number of aryl methyl sites for hydroxylation is 1. The Morgan fingerprint density at radius 2 is 1.81 bits per heavy atom. The Hall–Kier alpha value is -3.67. The second-order valence-electron chi connectivity index (χ2n) is 8.41. The number of nitrogens with zero attached hydrogens (tertiary/aromatic N) is 2. The first kappa shape index (κ1) is 20.2. The van der Waals surface area contributed by atoms with Crippen LogP contribution in [0.25, 0.3) is 0 Å². The monoisotopic (exact) mass is 428 g/mol. The van der Waals surface area contributed by atoms with Crippen LogP contribution in [0, 0.1) is 6.92 Å². The van der Waals surface area contributed by atoms with Gasteiger partial charge in [-0.1, -0.05) is 60.2 Å². The van der Waals surface area contributed by atoms with Gasteiger partial charge in [0.1, 0.15) is 11.8 Å². The lowest BCUT2D eigenvalue weighted by atomic mass is 9.96. The van der Waals surface area contributed by atoms with Crippen molar-refractivity contribution in [3.63, 3.8) is 0 Å². The number of hydrazone groups is 1. The first-order valence-corrected chi connectivity index (χ1v) is 10.8. The van der Waals surface area contributed by atoms with Crippen LogP contribution in [0.1, 0.15) is 47.8 Å². The third-order valence-corrected chi connectivity index (χ3v) is 6.22.